The van der Waals surface area contributed by atoms with Gasteiger partial charge >= 0.3 is 0 Å². The predicted octanol–water partition coefficient (Wildman–Crippen LogP) is 3.65. The van der Waals surface area contributed by atoms with Gasteiger partial charge < -0.3 is 4.90 Å². The Bertz CT molecular complexity index is 200. The van der Waals surface area contributed by atoms with Crippen LogP contribution in [-0.4, -0.2) is 24.5 Å². The van der Waals surface area contributed by atoms with Crippen LogP contribution in [0.4, 0.5) is 0 Å². The molecule has 1 fully saturated rings. The molecule has 1 heterocycles. The van der Waals surface area contributed by atoms with Crippen LogP contribution in [0.15, 0.2) is 0 Å². The molecule has 1 unspecified atom stereocenters. The molecule has 1 nitrogen and oxygen atoms in total. The summed E-state index contributed by atoms with van der Waals surface area (Å²) >= 11 is 0. The number of nitrogens with zero attached hydrogens (tertiary/aromatic N) is 1. The average molecular weight is 211 g/mol. The summed E-state index contributed by atoms with van der Waals surface area (Å²) in [6.07, 6.45) is 0. The Morgan fingerprint density at radius 1 is 1.07 bits per heavy atom. The SMILES string of the molecule is CC(C1CN(CC(C)(C)C)C1)C(C)(C)C. The topological polar surface area (TPSA) is 3.24 Å². The summed E-state index contributed by atoms with van der Waals surface area (Å²) in [5.41, 5.74) is 0.925. The molecule has 0 aromatic carbocycles. The van der Waals surface area contributed by atoms with Crippen LogP contribution in [0.5, 0.6) is 0 Å². The fraction of sp³-hybridized carbons (Fsp3) is 1.00. The van der Waals surface area contributed by atoms with Crippen molar-refractivity contribution >= 4 is 0 Å². The monoisotopic (exact) mass is 211 g/mol. The molecule has 1 rings (SSSR count). The summed E-state index contributed by atoms with van der Waals surface area (Å²) in [6.45, 7) is 20.4. The van der Waals surface area contributed by atoms with Crippen LogP contribution in [0.2, 0.25) is 0 Å². The van der Waals surface area contributed by atoms with Crippen LogP contribution in [0, 0.1) is 22.7 Å². The molecule has 1 heteroatoms. The Hall–Kier alpha value is -0.0400. The second kappa shape index (κ2) is 4.08. The van der Waals surface area contributed by atoms with Crippen LogP contribution in [0.25, 0.3) is 0 Å². The molecule has 0 aromatic rings. The molecule has 1 aliphatic rings. The van der Waals surface area contributed by atoms with Crippen LogP contribution in [0.1, 0.15) is 48.5 Å². The largest absolute Gasteiger partial charge is 0.302 e. The number of likely N-dealkylation sites (tertiary alicyclic amines) is 1. The van der Waals surface area contributed by atoms with Crippen molar-refractivity contribution in [3.8, 4) is 0 Å². The lowest BCUT2D eigenvalue weighted by Gasteiger charge is -2.48. The average Bonchev–Trinajstić information content (AvgIpc) is 1.90. The van der Waals surface area contributed by atoms with Gasteiger partial charge in [-0.15, -0.1) is 0 Å². The Balaban J connectivity index is 2.32. The maximum Gasteiger partial charge on any atom is 0.00303 e. The van der Waals surface area contributed by atoms with Crippen molar-refractivity contribution in [1.82, 2.24) is 4.90 Å². The first-order chi connectivity index (χ1) is 6.59. The Labute approximate surface area is 96.2 Å². The van der Waals surface area contributed by atoms with Crippen LogP contribution < -0.4 is 0 Å². The molecule has 0 aromatic heterocycles. The number of rotatable bonds is 2. The van der Waals surface area contributed by atoms with Crippen molar-refractivity contribution in [3.05, 3.63) is 0 Å². The fourth-order valence-electron chi connectivity index (χ4n) is 2.43. The second-order valence-electron chi connectivity index (χ2n) is 7.67. The van der Waals surface area contributed by atoms with Gasteiger partial charge in [0.2, 0.25) is 0 Å². The summed E-state index contributed by atoms with van der Waals surface area (Å²) in [6, 6.07) is 0. The lowest BCUT2D eigenvalue weighted by molar-refractivity contribution is 0.00253. The van der Waals surface area contributed by atoms with Gasteiger partial charge in [-0.05, 0) is 22.7 Å². The molecule has 90 valence electrons. The molecule has 0 radical (unpaired) electrons. The minimum atomic E-state index is 0.454. The molecule has 0 N–H and O–H groups in total. The highest BCUT2D eigenvalue weighted by atomic mass is 15.2. The van der Waals surface area contributed by atoms with Gasteiger partial charge in [0.25, 0.3) is 0 Å². The Morgan fingerprint density at radius 2 is 1.53 bits per heavy atom. The lowest BCUT2D eigenvalue weighted by Crippen LogP contribution is -2.53. The van der Waals surface area contributed by atoms with Crippen molar-refractivity contribution in [2.24, 2.45) is 22.7 Å². The zero-order valence-electron chi connectivity index (χ0n) is 11.7. The van der Waals surface area contributed by atoms with E-state index in [4.69, 9.17) is 0 Å². The van der Waals surface area contributed by atoms with Gasteiger partial charge in [0.15, 0.2) is 0 Å². The molecule has 1 saturated heterocycles. The van der Waals surface area contributed by atoms with Gasteiger partial charge in [-0.3, -0.25) is 0 Å². The fourth-order valence-corrected chi connectivity index (χ4v) is 2.43. The Morgan fingerprint density at radius 3 is 1.87 bits per heavy atom. The highest BCUT2D eigenvalue weighted by Gasteiger charge is 2.37. The third kappa shape index (κ3) is 3.79. The third-order valence-corrected chi connectivity index (χ3v) is 3.76. The molecule has 0 spiro atoms. The van der Waals surface area contributed by atoms with E-state index in [9.17, 15) is 0 Å². The van der Waals surface area contributed by atoms with Crippen molar-refractivity contribution in [2.75, 3.05) is 19.6 Å². The maximum absolute atomic E-state index is 2.60. The van der Waals surface area contributed by atoms with Crippen molar-refractivity contribution in [2.45, 2.75) is 48.5 Å². The van der Waals surface area contributed by atoms with E-state index in [0.717, 1.165) is 11.8 Å². The number of hydrogen-bond acceptors (Lipinski definition) is 1. The first kappa shape index (κ1) is 13.0. The van der Waals surface area contributed by atoms with Gasteiger partial charge in [0.1, 0.15) is 0 Å². The molecular weight excluding hydrogens is 182 g/mol. The minimum Gasteiger partial charge on any atom is -0.302 e. The minimum absolute atomic E-state index is 0.454. The number of hydrogen-bond donors (Lipinski definition) is 0. The van der Waals surface area contributed by atoms with Gasteiger partial charge in [-0.1, -0.05) is 48.5 Å². The first-order valence-electron chi connectivity index (χ1n) is 6.32. The normalized spacial score (nSPS) is 22.6. The van der Waals surface area contributed by atoms with E-state index in [0.29, 0.717) is 10.8 Å². The summed E-state index contributed by atoms with van der Waals surface area (Å²) in [5, 5.41) is 0. The summed E-state index contributed by atoms with van der Waals surface area (Å²) in [5.74, 6) is 1.76. The Kier molecular flexibility index (Phi) is 3.55. The first-order valence-corrected chi connectivity index (χ1v) is 6.32. The summed E-state index contributed by atoms with van der Waals surface area (Å²) < 4.78 is 0. The van der Waals surface area contributed by atoms with E-state index in [-0.39, 0.29) is 0 Å². The lowest BCUT2D eigenvalue weighted by atomic mass is 9.71. The highest BCUT2D eigenvalue weighted by molar-refractivity contribution is 4.89. The van der Waals surface area contributed by atoms with Gasteiger partial charge in [-0.25, -0.2) is 0 Å². The zero-order chi connectivity index (χ0) is 11.9. The summed E-state index contributed by atoms with van der Waals surface area (Å²) in [4.78, 5) is 2.60. The third-order valence-electron chi connectivity index (χ3n) is 3.76. The molecule has 1 aliphatic heterocycles. The quantitative estimate of drug-likeness (QED) is 0.674. The smallest absolute Gasteiger partial charge is 0.00303 e. The van der Waals surface area contributed by atoms with Gasteiger partial charge in [0.05, 0.1) is 0 Å². The summed E-state index contributed by atoms with van der Waals surface area (Å²) in [7, 11) is 0. The van der Waals surface area contributed by atoms with E-state index in [1.54, 1.807) is 0 Å². The highest BCUT2D eigenvalue weighted by Crippen LogP contribution is 2.37. The van der Waals surface area contributed by atoms with Crippen molar-refractivity contribution < 1.29 is 0 Å². The van der Waals surface area contributed by atoms with Crippen molar-refractivity contribution in [1.29, 1.82) is 0 Å². The van der Waals surface area contributed by atoms with E-state index >= 15 is 0 Å². The maximum atomic E-state index is 2.60. The molecule has 0 amide bonds. The zero-order valence-corrected chi connectivity index (χ0v) is 11.7. The molecule has 0 bridgehead atoms. The molecule has 0 saturated carbocycles. The molecule has 0 aliphatic carbocycles. The van der Waals surface area contributed by atoms with E-state index < -0.39 is 0 Å². The molecular formula is C14H29N. The molecule has 1 atom stereocenters. The van der Waals surface area contributed by atoms with E-state index in [2.05, 4.69) is 53.4 Å². The predicted molar refractivity (Wildman–Crippen MR) is 68.0 cm³/mol. The van der Waals surface area contributed by atoms with Crippen LogP contribution in [-0.2, 0) is 0 Å². The second-order valence-corrected chi connectivity index (χ2v) is 7.67. The molecule has 15 heavy (non-hydrogen) atoms. The standard InChI is InChI=1S/C14H29N/c1-11(14(5,6)7)12-8-15(9-12)10-13(2,3)4/h11-12H,8-10H2,1-7H3. The van der Waals surface area contributed by atoms with E-state index in [1.165, 1.54) is 19.6 Å². The van der Waals surface area contributed by atoms with Crippen LogP contribution >= 0.6 is 0 Å². The van der Waals surface area contributed by atoms with Crippen molar-refractivity contribution in [3.63, 3.8) is 0 Å². The van der Waals surface area contributed by atoms with Crippen LogP contribution in [0.3, 0.4) is 0 Å². The van der Waals surface area contributed by atoms with Gasteiger partial charge in [0, 0.05) is 19.6 Å². The van der Waals surface area contributed by atoms with E-state index in [1.807, 2.05) is 0 Å². The van der Waals surface area contributed by atoms with Gasteiger partial charge in [-0.2, -0.15) is 0 Å².